The van der Waals surface area contributed by atoms with Crippen molar-refractivity contribution >= 4 is 5.91 Å². The Morgan fingerprint density at radius 1 is 1.77 bits per heavy atom. The van der Waals surface area contributed by atoms with E-state index < -0.39 is 17.8 Å². The highest BCUT2D eigenvalue weighted by atomic mass is 16.3. The number of hydrogen-bond donors (Lipinski definition) is 4. The first-order valence-electron chi connectivity index (χ1n) is 3.51. The van der Waals surface area contributed by atoms with Gasteiger partial charge in [-0.25, -0.2) is 5.84 Å². The lowest BCUT2D eigenvalue weighted by Crippen LogP contribution is -2.62. The Kier molecular flexibility index (Phi) is 1.48. The Morgan fingerprint density at radius 3 is 3.15 bits per heavy atom. The van der Waals surface area contributed by atoms with E-state index in [2.05, 4.69) is 15.7 Å². The minimum atomic E-state index is -1.85. The standard InChI is InChI=1S/C5H8N6O2/c6-5(13)4-2(10-11(5)7)1-3(12)8-9-4/h1,4,10,13H,6-7H2. The van der Waals surface area contributed by atoms with Gasteiger partial charge in [0.2, 0.25) is 5.85 Å². The zero-order chi connectivity index (χ0) is 9.64. The third-order valence-electron chi connectivity index (χ3n) is 1.88. The summed E-state index contributed by atoms with van der Waals surface area (Å²) in [5, 5.41) is 17.1. The summed E-state index contributed by atoms with van der Waals surface area (Å²) in [7, 11) is 0. The predicted molar refractivity (Wildman–Crippen MR) is 40.0 cm³/mol. The number of carbonyl (C=O) groups is 1. The summed E-state index contributed by atoms with van der Waals surface area (Å²) in [6.07, 6.45) is 1.18. The van der Waals surface area contributed by atoms with Crippen LogP contribution in [-0.2, 0) is 4.79 Å². The van der Waals surface area contributed by atoms with Crippen molar-refractivity contribution in [1.29, 1.82) is 0 Å². The number of nitrogens with two attached hydrogens (primary N) is 2. The van der Waals surface area contributed by atoms with E-state index in [1.54, 1.807) is 0 Å². The highest BCUT2D eigenvalue weighted by molar-refractivity contribution is 5.89. The molecule has 0 aromatic rings. The molecule has 0 aliphatic carbocycles. The predicted octanol–water partition coefficient (Wildman–Crippen LogP) is -2.47. The molecule has 6 N–H and O–H groups in total. The molecule has 8 nitrogen and oxygen atoms in total. The van der Waals surface area contributed by atoms with Crippen molar-refractivity contribution in [1.82, 2.24) is 10.5 Å². The largest absolute Gasteiger partial charge is 0.359 e. The first kappa shape index (κ1) is 8.26. The van der Waals surface area contributed by atoms with Gasteiger partial charge < -0.3 is 10.5 Å². The average Bonchev–Trinajstić information content (AvgIpc) is 2.23. The van der Waals surface area contributed by atoms with Crippen LogP contribution in [0.4, 0.5) is 0 Å². The highest BCUT2D eigenvalue weighted by Crippen LogP contribution is 2.25. The third kappa shape index (κ3) is 1.04. The summed E-state index contributed by atoms with van der Waals surface area (Å²) >= 11 is 0. The van der Waals surface area contributed by atoms with Gasteiger partial charge in [-0.05, 0) is 0 Å². The first-order valence-corrected chi connectivity index (χ1v) is 3.51. The molecule has 1 amide bonds. The van der Waals surface area contributed by atoms with Gasteiger partial charge in [0.05, 0.1) is 5.70 Å². The average molecular weight is 184 g/mol. The first-order chi connectivity index (χ1) is 6.01. The number of nitrogens with one attached hydrogen (secondary N) is 1. The normalized spacial score (nSPS) is 38.5. The van der Waals surface area contributed by atoms with Gasteiger partial charge in [0.1, 0.15) is 0 Å². The molecule has 2 rings (SSSR count). The zero-order valence-electron chi connectivity index (χ0n) is 6.51. The van der Waals surface area contributed by atoms with Crippen molar-refractivity contribution in [2.24, 2.45) is 21.8 Å². The van der Waals surface area contributed by atoms with Crippen LogP contribution in [0.2, 0.25) is 0 Å². The number of rotatable bonds is 0. The smallest absolute Gasteiger partial charge is 0.289 e. The zero-order valence-corrected chi connectivity index (χ0v) is 6.51. The SMILES string of the molecule is NN1NC2=CC(=O)N=NC2C1(N)O. The van der Waals surface area contributed by atoms with Crippen LogP contribution in [0.3, 0.4) is 0 Å². The van der Waals surface area contributed by atoms with Gasteiger partial charge in [0.25, 0.3) is 5.91 Å². The van der Waals surface area contributed by atoms with Crippen molar-refractivity contribution in [3.63, 3.8) is 0 Å². The van der Waals surface area contributed by atoms with E-state index in [0.717, 1.165) is 5.12 Å². The number of nitrogens with zero attached hydrogens (tertiary/aromatic N) is 3. The minimum absolute atomic E-state index is 0.340. The Bertz CT molecular complexity index is 321. The number of hydrazine groups is 2. The van der Waals surface area contributed by atoms with Crippen molar-refractivity contribution < 1.29 is 9.90 Å². The maximum absolute atomic E-state index is 10.8. The number of azo groups is 1. The summed E-state index contributed by atoms with van der Waals surface area (Å²) < 4.78 is 0. The Morgan fingerprint density at radius 2 is 2.46 bits per heavy atom. The summed E-state index contributed by atoms with van der Waals surface area (Å²) in [5.74, 6) is 2.95. The van der Waals surface area contributed by atoms with Crippen molar-refractivity contribution in [3.8, 4) is 0 Å². The maximum atomic E-state index is 10.8. The van der Waals surface area contributed by atoms with Gasteiger partial charge in [-0.15, -0.1) is 10.2 Å². The molecule has 2 aliphatic rings. The van der Waals surface area contributed by atoms with Gasteiger partial charge in [-0.3, -0.25) is 10.5 Å². The lowest BCUT2D eigenvalue weighted by atomic mass is 10.1. The molecule has 1 fully saturated rings. The molecule has 0 aromatic carbocycles. The van der Waals surface area contributed by atoms with E-state index in [0.29, 0.717) is 5.70 Å². The molecule has 0 radical (unpaired) electrons. The van der Waals surface area contributed by atoms with Crippen LogP contribution in [0.5, 0.6) is 0 Å². The molecular weight excluding hydrogens is 176 g/mol. The summed E-state index contributed by atoms with van der Waals surface area (Å²) in [6.45, 7) is 0. The summed E-state index contributed by atoms with van der Waals surface area (Å²) in [6, 6.07) is -0.838. The number of hydrogen-bond acceptors (Lipinski definition) is 7. The van der Waals surface area contributed by atoms with E-state index in [1.165, 1.54) is 6.08 Å². The molecule has 13 heavy (non-hydrogen) atoms. The molecule has 2 atom stereocenters. The molecule has 0 bridgehead atoms. The third-order valence-corrected chi connectivity index (χ3v) is 1.88. The van der Waals surface area contributed by atoms with Crippen LogP contribution in [0.25, 0.3) is 0 Å². The lowest BCUT2D eigenvalue weighted by molar-refractivity contribution is -0.115. The Labute approximate surface area is 72.8 Å². The van der Waals surface area contributed by atoms with Crippen LogP contribution in [-0.4, -0.2) is 28.0 Å². The molecule has 0 saturated carbocycles. The topological polar surface area (TPSA) is 129 Å². The number of amides is 1. The van der Waals surface area contributed by atoms with Crippen LogP contribution in [0.15, 0.2) is 22.0 Å². The van der Waals surface area contributed by atoms with Crippen LogP contribution >= 0.6 is 0 Å². The van der Waals surface area contributed by atoms with Crippen molar-refractivity contribution in [3.05, 3.63) is 11.8 Å². The van der Waals surface area contributed by atoms with Gasteiger partial charge in [-0.1, -0.05) is 0 Å². The number of aliphatic hydroxyl groups is 1. The van der Waals surface area contributed by atoms with E-state index >= 15 is 0 Å². The fraction of sp³-hybridized carbons (Fsp3) is 0.400. The molecule has 70 valence electrons. The van der Waals surface area contributed by atoms with Crippen molar-refractivity contribution in [2.75, 3.05) is 0 Å². The summed E-state index contributed by atoms with van der Waals surface area (Å²) in [5.41, 5.74) is 8.25. The molecule has 1 saturated heterocycles. The van der Waals surface area contributed by atoms with Crippen molar-refractivity contribution in [2.45, 2.75) is 11.9 Å². The maximum Gasteiger partial charge on any atom is 0.289 e. The Hall–Kier alpha value is -1.35. The monoisotopic (exact) mass is 184 g/mol. The highest BCUT2D eigenvalue weighted by Gasteiger charge is 2.49. The quantitative estimate of drug-likeness (QED) is 0.244. The van der Waals surface area contributed by atoms with Crippen LogP contribution < -0.4 is 17.0 Å². The van der Waals surface area contributed by atoms with E-state index in [1.807, 2.05) is 0 Å². The fourth-order valence-electron chi connectivity index (χ4n) is 1.19. The van der Waals surface area contributed by atoms with Crippen LogP contribution in [0, 0.1) is 0 Å². The molecule has 8 heteroatoms. The molecule has 2 heterocycles. The van der Waals surface area contributed by atoms with E-state index in [4.69, 9.17) is 11.6 Å². The van der Waals surface area contributed by atoms with Gasteiger partial charge in [0.15, 0.2) is 6.04 Å². The van der Waals surface area contributed by atoms with Gasteiger partial charge in [0, 0.05) is 6.08 Å². The molecule has 0 spiro atoms. The second kappa shape index (κ2) is 2.33. The second-order valence-electron chi connectivity index (χ2n) is 2.82. The lowest BCUT2D eigenvalue weighted by Gasteiger charge is -2.25. The fourth-order valence-corrected chi connectivity index (χ4v) is 1.19. The number of carbonyl (C=O) groups excluding carboxylic acids is 1. The number of fused-ring (bicyclic) bond motifs is 1. The molecule has 0 aromatic heterocycles. The minimum Gasteiger partial charge on any atom is -0.359 e. The van der Waals surface area contributed by atoms with Gasteiger partial charge >= 0.3 is 0 Å². The molecule has 2 unspecified atom stereocenters. The van der Waals surface area contributed by atoms with Crippen LogP contribution in [0.1, 0.15) is 0 Å². The Balaban J connectivity index is 2.39. The molecule has 2 aliphatic heterocycles. The van der Waals surface area contributed by atoms with Gasteiger partial charge in [-0.2, -0.15) is 5.11 Å². The van der Waals surface area contributed by atoms with E-state index in [-0.39, 0.29) is 0 Å². The second-order valence-corrected chi connectivity index (χ2v) is 2.82. The molecular formula is C5H8N6O2. The summed E-state index contributed by atoms with van der Waals surface area (Å²) in [4.78, 5) is 10.8. The van der Waals surface area contributed by atoms with E-state index in [9.17, 15) is 9.90 Å².